The van der Waals surface area contributed by atoms with Gasteiger partial charge in [-0.25, -0.2) is 10.8 Å². The summed E-state index contributed by atoms with van der Waals surface area (Å²) in [6, 6.07) is 9.56. The first-order chi connectivity index (χ1) is 14.3. The lowest BCUT2D eigenvalue weighted by atomic mass is 10.1. The van der Waals surface area contributed by atoms with E-state index in [0.717, 1.165) is 0 Å². The molecular weight excluding hydrogens is 430 g/mol. The Morgan fingerprint density at radius 3 is 2.70 bits per heavy atom. The van der Waals surface area contributed by atoms with E-state index in [4.69, 9.17) is 22.6 Å². The molecule has 2 aromatic carbocycles. The highest BCUT2D eigenvalue weighted by atomic mass is 35.5. The monoisotopic (exact) mass is 449 g/mol. The van der Waals surface area contributed by atoms with E-state index in [-0.39, 0.29) is 19.4 Å². The van der Waals surface area contributed by atoms with E-state index in [1.807, 2.05) is 0 Å². The van der Waals surface area contributed by atoms with Gasteiger partial charge in [0.05, 0.1) is 17.9 Å². The smallest absolute Gasteiger partial charge is 0.303 e. The van der Waals surface area contributed by atoms with Gasteiger partial charge in [0.15, 0.2) is 0 Å². The first kappa shape index (κ1) is 23.2. The second-order valence-corrected chi connectivity index (χ2v) is 6.94. The molecule has 0 radical (unpaired) electrons. The number of benzene rings is 2. The number of anilines is 1. The van der Waals surface area contributed by atoms with Crippen molar-refractivity contribution >= 4 is 59.7 Å². The molecule has 2 amide bonds. The average Bonchev–Trinajstić information content (AvgIpc) is 2.71. The number of rotatable bonds is 9. The summed E-state index contributed by atoms with van der Waals surface area (Å²) in [5.41, 5.74) is 4.02. The molecule has 6 N–H and O–H groups in total. The number of nitrogens with one attached hydrogen (secondary N) is 3. The van der Waals surface area contributed by atoms with Gasteiger partial charge < -0.3 is 21.2 Å². The molecule has 0 saturated heterocycles. The highest BCUT2D eigenvalue weighted by Crippen LogP contribution is 2.29. The fourth-order valence-corrected chi connectivity index (χ4v) is 3.02. The van der Waals surface area contributed by atoms with E-state index in [1.165, 1.54) is 12.4 Å². The molecule has 0 unspecified atom stereocenters. The number of nitrogens with two attached hydrogens (primary N) is 1. The molecule has 9 nitrogen and oxygen atoms in total. The largest absolute Gasteiger partial charge is 0.481 e. The van der Waals surface area contributed by atoms with Crippen molar-refractivity contribution in [3.8, 4) is 0 Å². The summed E-state index contributed by atoms with van der Waals surface area (Å²) in [6.45, 7) is -0.291. The molecule has 0 bridgehead atoms. The van der Waals surface area contributed by atoms with Crippen LogP contribution >= 0.6 is 24.2 Å². The fraction of sp³-hybridized carbons (Fsp3) is 0.158. The van der Waals surface area contributed by atoms with Crippen molar-refractivity contribution in [2.24, 2.45) is 10.8 Å². The molecule has 30 heavy (non-hydrogen) atoms. The Hall–Kier alpha value is -3.08. The van der Waals surface area contributed by atoms with Gasteiger partial charge in [0.1, 0.15) is 6.34 Å². The summed E-state index contributed by atoms with van der Waals surface area (Å²) in [5, 5.41) is 14.3. The van der Waals surface area contributed by atoms with E-state index < -0.39 is 17.8 Å². The Kier molecular flexibility index (Phi) is 8.66. The van der Waals surface area contributed by atoms with Crippen LogP contribution in [0.3, 0.4) is 0 Å². The number of aryl methyl sites for hydroxylation is 1. The molecule has 2 aromatic rings. The zero-order valence-corrected chi connectivity index (χ0v) is 17.3. The number of hydrogen-bond acceptors (Lipinski definition) is 6. The van der Waals surface area contributed by atoms with Crippen molar-refractivity contribution in [1.29, 1.82) is 0 Å². The normalized spacial score (nSPS) is 10.6. The van der Waals surface area contributed by atoms with Gasteiger partial charge in [0.25, 0.3) is 5.91 Å². The van der Waals surface area contributed by atoms with E-state index >= 15 is 0 Å². The number of aliphatic imine (C=N–C) groups is 1. The van der Waals surface area contributed by atoms with Crippen molar-refractivity contribution in [3.63, 3.8) is 0 Å². The molecule has 0 fully saturated rings. The molecule has 2 rings (SSSR count). The van der Waals surface area contributed by atoms with Crippen LogP contribution in [0, 0.1) is 0 Å². The molecule has 11 heteroatoms. The van der Waals surface area contributed by atoms with E-state index in [2.05, 4.69) is 33.7 Å². The van der Waals surface area contributed by atoms with Crippen LogP contribution in [-0.4, -0.2) is 35.8 Å². The Labute approximate surface area is 183 Å². The molecule has 0 atom stereocenters. The molecule has 0 heterocycles. The number of hydrogen-bond donors (Lipinski definition) is 6. The number of hydrazine groups is 1. The van der Waals surface area contributed by atoms with Crippen molar-refractivity contribution in [2.75, 3.05) is 11.9 Å². The van der Waals surface area contributed by atoms with Crippen LogP contribution in [0.4, 0.5) is 11.4 Å². The number of halogens is 1. The summed E-state index contributed by atoms with van der Waals surface area (Å²) in [5.74, 6) is 3.21. The van der Waals surface area contributed by atoms with Crippen LogP contribution in [0.1, 0.15) is 22.3 Å². The van der Waals surface area contributed by atoms with Crippen molar-refractivity contribution < 1.29 is 19.5 Å². The fourth-order valence-electron chi connectivity index (χ4n) is 2.48. The maximum absolute atomic E-state index is 12.3. The topological polar surface area (TPSA) is 146 Å². The molecule has 158 valence electrons. The van der Waals surface area contributed by atoms with Gasteiger partial charge in [-0.15, -0.1) is 12.6 Å². The summed E-state index contributed by atoms with van der Waals surface area (Å²) >= 11 is 10.4. The lowest BCUT2D eigenvalue weighted by molar-refractivity contribution is -0.137. The minimum absolute atomic E-state index is 0.0954. The quantitative estimate of drug-likeness (QED) is 0.114. The SMILES string of the molecule is NNC=Nc1cccc(C(=O)NCC(=O)Nc2cc(Cl)cc(CCC(=O)O)c2S)c1. The van der Waals surface area contributed by atoms with E-state index in [0.29, 0.717) is 32.4 Å². The van der Waals surface area contributed by atoms with E-state index in [1.54, 1.807) is 30.3 Å². The lowest BCUT2D eigenvalue weighted by Crippen LogP contribution is -2.33. The van der Waals surface area contributed by atoms with Crippen LogP contribution in [0.5, 0.6) is 0 Å². The standard InChI is InChI=1S/C19H20ClN5O4S/c20-13-6-11(4-5-17(27)28)18(30)15(8-13)25-16(26)9-22-19(29)12-2-1-3-14(7-12)23-10-24-21/h1-3,6-8,10,30H,4-5,9,21H2,(H,22,29)(H,23,24)(H,25,26)(H,27,28). The number of carbonyl (C=O) groups is 3. The summed E-state index contributed by atoms with van der Waals surface area (Å²) in [7, 11) is 0. The number of amides is 2. The first-order valence-corrected chi connectivity index (χ1v) is 9.52. The number of thiol groups is 1. The third kappa shape index (κ3) is 7.07. The van der Waals surface area contributed by atoms with Gasteiger partial charge in [-0.05, 0) is 42.3 Å². The zero-order valence-electron chi connectivity index (χ0n) is 15.7. The minimum Gasteiger partial charge on any atom is -0.481 e. The summed E-state index contributed by atoms with van der Waals surface area (Å²) in [6.07, 6.45) is 1.39. The third-order valence-corrected chi connectivity index (χ3v) is 4.59. The minimum atomic E-state index is -0.954. The van der Waals surface area contributed by atoms with Gasteiger partial charge in [0.2, 0.25) is 5.91 Å². The van der Waals surface area contributed by atoms with Gasteiger partial charge in [-0.3, -0.25) is 14.4 Å². The maximum atomic E-state index is 12.3. The lowest BCUT2D eigenvalue weighted by Gasteiger charge is -2.13. The van der Waals surface area contributed by atoms with Gasteiger partial charge >= 0.3 is 5.97 Å². The summed E-state index contributed by atoms with van der Waals surface area (Å²) < 4.78 is 0. The van der Waals surface area contributed by atoms with Gasteiger partial charge in [0, 0.05) is 21.9 Å². The number of carbonyl (C=O) groups excluding carboxylic acids is 2. The predicted molar refractivity (Wildman–Crippen MR) is 118 cm³/mol. The molecule has 0 aromatic heterocycles. The second kappa shape index (κ2) is 11.2. The van der Waals surface area contributed by atoms with Crippen molar-refractivity contribution in [1.82, 2.24) is 10.7 Å². The predicted octanol–water partition coefficient (Wildman–Crippen LogP) is 2.14. The van der Waals surface area contributed by atoms with Crippen LogP contribution in [0.2, 0.25) is 5.02 Å². The highest BCUT2D eigenvalue weighted by molar-refractivity contribution is 7.80. The zero-order chi connectivity index (χ0) is 22.1. The summed E-state index contributed by atoms with van der Waals surface area (Å²) in [4.78, 5) is 39.7. The van der Waals surface area contributed by atoms with E-state index in [9.17, 15) is 14.4 Å². The van der Waals surface area contributed by atoms with Crippen molar-refractivity contribution in [3.05, 3.63) is 52.5 Å². The van der Waals surface area contributed by atoms with Crippen LogP contribution in [0.15, 0.2) is 46.3 Å². The molecule has 0 saturated carbocycles. The van der Waals surface area contributed by atoms with Crippen LogP contribution in [0.25, 0.3) is 0 Å². The van der Waals surface area contributed by atoms with Crippen LogP contribution in [-0.2, 0) is 16.0 Å². The van der Waals surface area contributed by atoms with Gasteiger partial charge in [-0.2, -0.15) is 0 Å². The number of carboxylic acids is 1. The Morgan fingerprint density at radius 2 is 2.00 bits per heavy atom. The van der Waals surface area contributed by atoms with Crippen LogP contribution < -0.4 is 21.9 Å². The Bertz CT molecular complexity index is 983. The molecule has 0 aliphatic heterocycles. The van der Waals surface area contributed by atoms with Crippen molar-refractivity contribution in [2.45, 2.75) is 17.7 Å². The average molecular weight is 450 g/mol. The second-order valence-electron chi connectivity index (χ2n) is 6.06. The highest BCUT2D eigenvalue weighted by Gasteiger charge is 2.13. The molecule has 0 spiro atoms. The van der Waals surface area contributed by atoms with Gasteiger partial charge in [-0.1, -0.05) is 17.7 Å². The Balaban J connectivity index is 2.00. The maximum Gasteiger partial charge on any atom is 0.303 e. The number of nitrogens with zero attached hydrogens (tertiary/aromatic N) is 1. The molecule has 0 aliphatic rings. The first-order valence-electron chi connectivity index (χ1n) is 8.70. The number of carboxylic acid groups (broad SMARTS) is 1. The third-order valence-electron chi connectivity index (χ3n) is 3.84. The molecular formula is C19H20ClN5O4S. The Morgan fingerprint density at radius 1 is 1.23 bits per heavy atom. The number of aliphatic carboxylic acids is 1. The molecule has 0 aliphatic carbocycles.